The number of carbonyl (C=O) groups excluding carboxylic acids is 2. The Hall–Kier alpha value is -2.28. The first-order valence-electron chi connectivity index (χ1n) is 8.98. The average Bonchev–Trinajstić information content (AvgIpc) is 2.71. The smallest absolute Gasteiger partial charge is 0.273 e. The highest BCUT2D eigenvalue weighted by Gasteiger charge is 2.16. The van der Waals surface area contributed by atoms with Crippen LogP contribution in [-0.2, 0) is 4.79 Å². The van der Waals surface area contributed by atoms with E-state index in [-0.39, 0.29) is 11.4 Å². The van der Waals surface area contributed by atoms with Crippen molar-refractivity contribution in [3.05, 3.63) is 33.9 Å². The fourth-order valence-corrected chi connectivity index (χ4v) is 2.14. The number of rotatable bonds is 4. The van der Waals surface area contributed by atoms with E-state index in [1.807, 2.05) is 34.7 Å². The highest BCUT2D eigenvalue weighted by molar-refractivity contribution is 5.80. The zero-order valence-corrected chi connectivity index (χ0v) is 16.7. The van der Waals surface area contributed by atoms with E-state index in [0.29, 0.717) is 23.7 Å². The maximum absolute atomic E-state index is 10.7. The van der Waals surface area contributed by atoms with Crippen LogP contribution in [0.25, 0.3) is 0 Å². The molecular formula is C19H32N2O5. The predicted octanol–water partition coefficient (Wildman–Crippen LogP) is 4.19. The number of ketones is 1. The van der Waals surface area contributed by atoms with E-state index < -0.39 is 4.92 Å². The maximum atomic E-state index is 10.7. The second kappa shape index (κ2) is 16.2. The molecule has 1 aromatic rings. The van der Waals surface area contributed by atoms with Gasteiger partial charge in [0.25, 0.3) is 5.69 Å². The molecule has 0 atom stereocenters. The maximum Gasteiger partial charge on any atom is 0.273 e. The van der Waals surface area contributed by atoms with Crippen LogP contribution in [-0.4, -0.2) is 37.2 Å². The third-order valence-corrected chi connectivity index (χ3v) is 3.51. The number of nitrogens with zero attached hydrogens (tertiary/aromatic N) is 1. The lowest BCUT2D eigenvalue weighted by molar-refractivity contribution is -0.384. The molecule has 0 radical (unpaired) electrons. The van der Waals surface area contributed by atoms with Crippen molar-refractivity contribution < 1.29 is 19.2 Å². The lowest BCUT2D eigenvalue weighted by Crippen LogP contribution is -2.29. The lowest BCUT2D eigenvalue weighted by atomic mass is 9.95. The Bertz CT molecular complexity index is 537. The van der Waals surface area contributed by atoms with Crippen molar-refractivity contribution in [1.82, 2.24) is 5.32 Å². The first kappa shape index (κ1) is 26.0. The number of hydrogen-bond acceptors (Lipinski definition) is 6. The SMILES string of the molecule is CC.CC.CNC1CCC(=O)CC1.COc1cc([N+](=O)[O-])ccc1C=O. The first-order chi connectivity index (χ1) is 12.5. The number of nitro groups is 1. The summed E-state index contributed by atoms with van der Waals surface area (Å²) in [6.07, 6.45) is 4.23. The Kier molecular flexibility index (Phi) is 16.2. The van der Waals surface area contributed by atoms with Crippen molar-refractivity contribution in [3.8, 4) is 5.75 Å². The second-order valence-electron chi connectivity index (χ2n) is 4.90. The van der Waals surface area contributed by atoms with Crippen LogP contribution in [0.2, 0.25) is 0 Å². The molecule has 0 saturated heterocycles. The normalized spacial score (nSPS) is 12.9. The van der Waals surface area contributed by atoms with E-state index >= 15 is 0 Å². The first-order valence-corrected chi connectivity index (χ1v) is 8.98. The molecule has 1 aliphatic rings. The van der Waals surface area contributed by atoms with E-state index in [1.165, 1.54) is 25.3 Å². The summed E-state index contributed by atoms with van der Waals surface area (Å²) in [5.74, 6) is 0.644. The van der Waals surface area contributed by atoms with Gasteiger partial charge in [-0.2, -0.15) is 0 Å². The Morgan fingerprint density at radius 2 is 1.73 bits per heavy atom. The average molecular weight is 368 g/mol. The van der Waals surface area contributed by atoms with Crippen LogP contribution in [0.3, 0.4) is 0 Å². The summed E-state index contributed by atoms with van der Waals surface area (Å²) in [4.78, 5) is 30.9. The minimum Gasteiger partial charge on any atom is -0.496 e. The predicted molar refractivity (Wildman–Crippen MR) is 104 cm³/mol. The van der Waals surface area contributed by atoms with Gasteiger partial charge < -0.3 is 10.1 Å². The molecule has 0 spiro atoms. The zero-order chi connectivity index (χ0) is 20.5. The van der Waals surface area contributed by atoms with Crippen LogP contribution in [0.1, 0.15) is 63.7 Å². The van der Waals surface area contributed by atoms with Crippen LogP contribution in [0.4, 0.5) is 5.69 Å². The van der Waals surface area contributed by atoms with Gasteiger partial charge in [-0.15, -0.1) is 0 Å². The van der Waals surface area contributed by atoms with Gasteiger partial charge in [0.2, 0.25) is 0 Å². The number of ether oxygens (including phenoxy) is 1. The van der Waals surface area contributed by atoms with Crippen LogP contribution < -0.4 is 10.1 Å². The van der Waals surface area contributed by atoms with Crippen LogP contribution in [0.15, 0.2) is 18.2 Å². The Labute approximate surface area is 156 Å². The molecule has 0 bridgehead atoms. The zero-order valence-electron chi connectivity index (χ0n) is 16.7. The number of non-ortho nitro benzene ring substituents is 1. The fourth-order valence-electron chi connectivity index (χ4n) is 2.14. The molecule has 1 fully saturated rings. The highest BCUT2D eigenvalue weighted by Crippen LogP contribution is 2.22. The monoisotopic (exact) mass is 368 g/mol. The van der Waals surface area contributed by atoms with E-state index in [2.05, 4.69) is 5.32 Å². The summed E-state index contributed by atoms with van der Waals surface area (Å²) in [6.45, 7) is 8.00. The summed E-state index contributed by atoms with van der Waals surface area (Å²) >= 11 is 0. The molecule has 0 aromatic heterocycles. The minimum absolute atomic E-state index is 0.0950. The molecule has 0 heterocycles. The molecule has 0 amide bonds. The fraction of sp³-hybridized carbons (Fsp3) is 0.579. The van der Waals surface area contributed by atoms with Gasteiger partial charge in [0.15, 0.2) is 6.29 Å². The van der Waals surface area contributed by atoms with Gasteiger partial charge >= 0.3 is 0 Å². The van der Waals surface area contributed by atoms with E-state index in [9.17, 15) is 19.7 Å². The van der Waals surface area contributed by atoms with Gasteiger partial charge in [-0.3, -0.25) is 19.7 Å². The van der Waals surface area contributed by atoms with Crippen molar-refractivity contribution >= 4 is 17.8 Å². The van der Waals surface area contributed by atoms with Gasteiger partial charge in [0.1, 0.15) is 11.5 Å². The number of nitro benzene ring substituents is 1. The van der Waals surface area contributed by atoms with Crippen molar-refractivity contribution in [2.75, 3.05) is 14.2 Å². The van der Waals surface area contributed by atoms with Gasteiger partial charge in [-0.05, 0) is 26.0 Å². The number of nitrogens with one attached hydrogen (secondary N) is 1. The van der Waals surface area contributed by atoms with E-state index in [4.69, 9.17) is 4.74 Å². The lowest BCUT2D eigenvalue weighted by Gasteiger charge is -2.19. The summed E-state index contributed by atoms with van der Waals surface area (Å²) in [5.41, 5.74) is 0.204. The van der Waals surface area contributed by atoms with Crippen molar-refractivity contribution in [3.63, 3.8) is 0 Å². The summed E-state index contributed by atoms with van der Waals surface area (Å²) in [5, 5.41) is 13.5. The summed E-state index contributed by atoms with van der Waals surface area (Å²) in [7, 11) is 3.31. The summed E-state index contributed by atoms with van der Waals surface area (Å²) in [6, 6.07) is 4.42. The highest BCUT2D eigenvalue weighted by atomic mass is 16.6. The van der Waals surface area contributed by atoms with Gasteiger partial charge in [-0.25, -0.2) is 0 Å². The molecule has 7 heteroatoms. The molecule has 148 valence electrons. The number of benzene rings is 1. The molecular weight excluding hydrogens is 336 g/mol. The van der Waals surface area contributed by atoms with Crippen molar-refractivity contribution in [2.45, 2.75) is 59.4 Å². The largest absolute Gasteiger partial charge is 0.496 e. The number of methoxy groups -OCH3 is 1. The Balaban J connectivity index is 0. The topological polar surface area (TPSA) is 98.5 Å². The third kappa shape index (κ3) is 9.88. The van der Waals surface area contributed by atoms with Crippen LogP contribution in [0.5, 0.6) is 5.75 Å². The van der Waals surface area contributed by atoms with Crippen LogP contribution in [0, 0.1) is 10.1 Å². The second-order valence-corrected chi connectivity index (χ2v) is 4.90. The molecule has 2 rings (SSSR count). The molecule has 1 N–H and O–H groups in total. The van der Waals surface area contributed by atoms with Crippen molar-refractivity contribution in [2.24, 2.45) is 0 Å². The van der Waals surface area contributed by atoms with E-state index in [0.717, 1.165) is 25.7 Å². The van der Waals surface area contributed by atoms with E-state index in [1.54, 1.807) is 0 Å². The standard InChI is InChI=1S/C8H7NO4.C7H13NO.2C2H6/c1-13-8-4-7(9(11)12)3-2-6(8)5-10;1-8-6-2-4-7(9)5-3-6;2*1-2/h2-5H,1H3;6,8H,2-5H2,1H3;2*1-2H3. The van der Waals surface area contributed by atoms with Crippen LogP contribution >= 0.6 is 0 Å². The van der Waals surface area contributed by atoms with Gasteiger partial charge in [0.05, 0.1) is 23.7 Å². The molecule has 7 nitrogen and oxygen atoms in total. The minimum atomic E-state index is -0.545. The van der Waals surface area contributed by atoms with Gasteiger partial charge in [0, 0.05) is 24.9 Å². The molecule has 26 heavy (non-hydrogen) atoms. The third-order valence-electron chi connectivity index (χ3n) is 3.51. The number of carbonyl (C=O) groups is 2. The van der Waals surface area contributed by atoms with Gasteiger partial charge in [-0.1, -0.05) is 27.7 Å². The molecule has 1 aromatic carbocycles. The molecule has 1 saturated carbocycles. The molecule has 0 unspecified atom stereocenters. The molecule has 0 aliphatic heterocycles. The number of Topliss-reactive ketones (excluding diaryl/α,β-unsaturated/α-hetero) is 1. The number of aldehydes is 1. The molecule has 1 aliphatic carbocycles. The Morgan fingerprint density at radius 3 is 2.12 bits per heavy atom. The quantitative estimate of drug-likeness (QED) is 0.486. The Morgan fingerprint density at radius 1 is 1.19 bits per heavy atom. The summed E-state index contributed by atoms with van der Waals surface area (Å²) < 4.78 is 4.79. The number of hydrogen-bond donors (Lipinski definition) is 1. The van der Waals surface area contributed by atoms with Crippen molar-refractivity contribution in [1.29, 1.82) is 0 Å².